The van der Waals surface area contributed by atoms with Crippen LogP contribution in [0.1, 0.15) is 38.0 Å². The molecule has 114 valence electrons. The van der Waals surface area contributed by atoms with Crippen molar-refractivity contribution in [3.8, 4) is 0 Å². The number of aromatic nitrogens is 2. The number of thiophene rings is 1. The summed E-state index contributed by atoms with van der Waals surface area (Å²) in [4.78, 5) is 11.2. The summed E-state index contributed by atoms with van der Waals surface area (Å²) in [6.45, 7) is 6.77. The van der Waals surface area contributed by atoms with E-state index < -0.39 is 0 Å². The standard InChI is InChI=1S/C15H23N5S/c1-8-5-4-6-12(10(8)3)17-13-11-7-9(2)21-14(11)19-15(18-13)20-16/h7-8,10,12H,4-6,16H2,1-3H3,(H2,17,18,19,20). The maximum Gasteiger partial charge on any atom is 0.240 e. The molecule has 0 bridgehead atoms. The van der Waals surface area contributed by atoms with Crippen LogP contribution in [0.3, 0.4) is 0 Å². The van der Waals surface area contributed by atoms with Crippen LogP contribution in [0.25, 0.3) is 10.2 Å². The third-order valence-corrected chi connectivity index (χ3v) is 5.62. The quantitative estimate of drug-likeness (QED) is 0.597. The maximum absolute atomic E-state index is 5.50. The minimum atomic E-state index is 0.470. The molecule has 3 unspecified atom stereocenters. The number of fused-ring (bicyclic) bond motifs is 1. The Labute approximate surface area is 129 Å². The Morgan fingerprint density at radius 1 is 1.29 bits per heavy atom. The van der Waals surface area contributed by atoms with Gasteiger partial charge in [0.2, 0.25) is 5.95 Å². The largest absolute Gasteiger partial charge is 0.366 e. The first-order valence-electron chi connectivity index (χ1n) is 7.60. The number of nitrogens with two attached hydrogens (primary N) is 1. The molecule has 0 aromatic carbocycles. The molecule has 2 aromatic heterocycles. The monoisotopic (exact) mass is 305 g/mol. The van der Waals surface area contributed by atoms with Crippen LogP contribution in [-0.4, -0.2) is 16.0 Å². The number of nitrogens with zero attached hydrogens (tertiary/aromatic N) is 2. The first-order valence-corrected chi connectivity index (χ1v) is 8.41. The number of rotatable bonds is 3. The Morgan fingerprint density at radius 2 is 2.10 bits per heavy atom. The second-order valence-electron chi connectivity index (χ2n) is 6.13. The highest BCUT2D eigenvalue weighted by molar-refractivity contribution is 7.18. The Morgan fingerprint density at radius 3 is 2.86 bits per heavy atom. The molecule has 3 atom stereocenters. The highest BCUT2D eigenvalue weighted by Crippen LogP contribution is 2.34. The summed E-state index contributed by atoms with van der Waals surface area (Å²) in [7, 11) is 0. The molecule has 1 aliphatic rings. The lowest BCUT2D eigenvalue weighted by Gasteiger charge is -2.35. The second-order valence-corrected chi connectivity index (χ2v) is 7.37. The minimum absolute atomic E-state index is 0.470. The van der Waals surface area contributed by atoms with E-state index in [2.05, 4.69) is 47.5 Å². The van der Waals surface area contributed by atoms with Gasteiger partial charge in [-0.25, -0.2) is 10.8 Å². The molecule has 4 N–H and O–H groups in total. The summed E-state index contributed by atoms with van der Waals surface area (Å²) in [5.41, 5.74) is 2.57. The van der Waals surface area contributed by atoms with Gasteiger partial charge >= 0.3 is 0 Å². The van der Waals surface area contributed by atoms with E-state index in [9.17, 15) is 0 Å². The first-order chi connectivity index (χ1) is 10.1. The van der Waals surface area contributed by atoms with Crippen LogP contribution < -0.4 is 16.6 Å². The molecule has 0 amide bonds. The van der Waals surface area contributed by atoms with Gasteiger partial charge < -0.3 is 5.32 Å². The van der Waals surface area contributed by atoms with Crippen molar-refractivity contribution in [3.05, 3.63) is 10.9 Å². The molecule has 0 saturated heterocycles. The minimum Gasteiger partial charge on any atom is -0.366 e. The van der Waals surface area contributed by atoms with Gasteiger partial charge in [0.25, 0.3) is 0 Å². The van der Waals surface area contributed by atoms with Gasteiger partial charge in [0.05, 0.1) is 5.39 Å². The molecule has 21 heavy (non-hydrogen) atoms. The van der Waals surface area contributed by atoms with Crippen LogP contribution in [0.15, 0.2) is 6.07 Å². The average Bonchev–Trinajstić information content (AvgIpc) is 2.84. The van der Waals surface area contributed by atoms with Crippen LogP contribution in [0.4, 0.5) is 11.8 Å². The second kappa shape index (κ2) is 5.77. The van der Waals surface area contributed by atoms with Crippen molar-refractivity contribution in [2.45, 2.75) is 46.1 Å². The molecule has 0 aliphatic heterocycles. The van der Waals surface area contributed by atoms with Crippen LogP contribution in [0, 0.1) is 18.8 Å². The van der Waals surface area contributed by atoms with Gasteiger partial charge in [0.15, 0.2) is 0 Å². The molecule has 2 aromatic rings. The van der Waals surface area contributed by atoms with Crippen molar-refractivity contribution in [2.24, 2.45) is 17.7 Å². The molecule has 5 nitrogen and oxygen atoms in total. The molecule has 1 saturated carbocycles. The van der Waals surface area contributed by atoms with Crippen molar-refractivity contribution < 1.29 is 0 Å². The van der Waals surface area contributed by atoms with Gasteiger partial charge in [-0.3, -0.25) is 5.43 Å². The van der Waals surface area contributed by atoms with Crippen molar-refractivity contribution in [2.75, 3.05) is 10.7 Å². The van der Waals surface area contributed by atoms with E-state index in [-0.39, 0.29) is 0 Å². The van der Waals surface area contributed by atoms with E-state index in [1.165, 1.54) is 24.1 Å². The van der Waals surface area contributed by atoms with Gasteiger partial charge in [-0.1, -0.05) is 26.7 Å². The van der Waals surface area contributed by atoms with Crippen molar-refractivity contribution in [1.29, 1.82) is 0 Å². The lowest BCUT2D eigenvalue weighted by molar-refractivity contribution is 0.253. The normalized spacial score (nSPS) is 26.0. The third-order valence-electron chi connectivity index (χ3n) is 4.67. The van der Waals surface area contributed by atoms with E-state index in [1.54, 1.807) is 11.3 Å². The summed E-state index contributed by atoms with van der Waals surface area (Å²) < 4.78 is 0. The number of hydrazine groups is 1. The molecule has 1 fully saturated rings. The van der Waals surface area contributed by atoms with E-state index in [0.29, 0.717) is 17.9 Å². The number of nitrogens with one attached hydrogen (secondary N) is 2. The SMILES string of the molecule is Cc1cc2c(NC3CCCC(C)C3C)nc(NN)nc2s1. The fraction of sp³-hybridized carbons (Fsp3) is 0.600. The molecular weight excluding hydrogens is 282 g/mol. The Bertz CT molecular complexity index is 638. The zero-order valence-electron chi connectivity index (χ0n) is 12.8. The molecule has 0 spiro atoms. The van der Waals surface area contributed by atoms with Crippen molar-refractivity contribution >= 4 is 33.3 Å². The topological polar surface area (TPSA) is 75.9 Å². The highest BCUT2D eigenvalue weighted by Gasteiger charge is 2.27. The number of hydrogen-bond donors (Lipinski definition) is 3. The van der Waals surface area contributed by atoms with Crippen LogP contribution >= 0.6 is 11.3 Å². The van der Waals surface area contributed by atoms with Gasteiger partial charge in [-0.15, -0.1) is 11.3 Å². The zero-order chi connectivity index (χ0) is 15.0. The number of hydrogen-bond acceptors (Lipinski definition) is 6. The fourth-order valence-corrected chi connectivity index (χ4v) is 4.06. The molecular formula is C15H23N5S. The van der Waals surface area contributed by atoms with E-state index >= 15 is 0 Å². The smallest absolute Gasteiger partial charge is 0.240 e. The third kappa shape index (κ3) is 2.82. The number of nitrogen functional groups attached to an aromatic ring is 1. The summed E-state index contributed by atoms with van der Waals surface area (Å²) in [6, 6.07) is 2.62. The zero-order valence-corrected chi connectivity index (χ0v) is 13.6. The summed E-state index contributed by atoms with van der Waals surface area (Å²) in [5.74, 6) is 8.29. The average molecular weight is 305 g/mol. The molecule has 0 radical (unpaired) electrons. The van der Waals surface area contributed by atoms with E-state index in [1.807, 2.05) is 0 Å². The van der Waals surface area contributed by atoms with Crippen LogP contribution in [0.2, 0.25) is 0 Å². The van der Waals surface area contributed by atoms with Gasteiger partial charge in [-0.2, -0.15) is 4.98 Å². The summed E-state index contributed by atoms with van der Waals surface area (Å²) in [5, 5.41) is 4.75. The first kappa shape index (κ1) is 14.5. The van der Waals surface area contributed by atoms with Gasteiger partial charge in [-0.05, 0) is 31.2 Å². The van der Waals surface area contributed by atoms with Crippen molar-refractivity contribution in [1.82, 2.24) is 9.97 Å². The van der Waals surface area contributed by atoms with Crippen molar-refractivity contribution in [3.63, 3.8) is 0 Å². The van der Waals surface area contributed by atoms with E-state index in [4.69, 9.17) is 5.84 Å². The number of aryl methyl sites for hydroxylation is 1. The molecule has 2 heterocycles. The highest BCUT2D eigenvalue weighted by atomic mass is 32.1. The number of anilines is 2. The van der Waals surface area contributed by atoms with Crippen LogP contribution in [-0.2, 0) is 0 Å². The molecule has 3 rings (SSSR count). The summed E-state index contributed by atoms with van der Waals surface area (Å²) >= 11 is 1.67. The maximum atomic E-state index is 5.50. The summed E-state index contributed by atoms with van der Waals surface area (Å²) in [6.07, 6.45) is 3.80. The Kier molecular flexibility index (Phi) is 3.99. The lowest BCUT2D eigenvalue weighted by atomic mass is 9.78. The molecule has 1 aliphatic carbocycles. The predicted molar refractivity (Wildman–Crippen MR) is 89.6 cm³/mol. The molecule has 6 heteroatoms. The Hall–Kier alpha value is -1.40. The van der Waals surface area contributed by atoms with Crippen LogP contribution in [0.5, 0.6) is 0 Å². The fourth-order valence-electron chi connectivity index (χ4n) is 3.18. The van der Waals surface area contributed by atoms with E-state index in [0.717, 1.165) is 22.0 Å². The van der Waals surface area contributed by atoms with Gasteiger partial charge in [0, 0.05) is 10.9 Å². The van der Waals surface area contributed by atoms with Gasteiger partial charge in [0.1, 0.15) is 10.6 Å². The lowest BCUT2D eigenvalue weighted by Crippen LogP contribution is -2.35. The Balaban J connectivity index is 1.95. The predicted octanol–water partition coefficient (Wildman–Crippen LogP) is 3.52.